The molecule has 0 heterocycles. The molecule has 0 radical (unpaired) electrons. The third-order valence-electron chi connectivity index (χ3n) is 9.25. The number of rotatable bonds is 26. The third kappa shape index (κ3) is 22.9. The minimum absolute atomic E-state index is 0.00597. The number of phenolic OH excluding ortho intramolecular Hbond substituents is 1. The molecule has 0 spiro atoms. The van der Waals surface area contributed by atoms with Crippen LogP contribution in [0.3, 0.4) is 0 Å². The van der Waals surface area contributed by atoms with Crippen molar-refractivity contribution in [3.63, 3.8) is 0 Å². The molecule has 3 aromatic rings. The van der Waals surface area contributed by atoms with E-state index in [9.17, 15) is 43.8 Å². The highest BCUT2D eigenvalue weighted by atomic mass is 32.2. The lowest BCUT2D eigenvalue weighted by atomic mass is 10.0. The van der Waals surface area contributed by atoms with Crippen LogP contribution in [0, 0.1) is 0 Å². The van der Waals surface area contributed by atoms with Crippen molar-refractivity contribution in [2.24, 2.45) is 22.2 Å². The minimum atomic E-state index is -1.32. The number of phenols is 1. The Morgan fingerprint density at radius 1 is 0.606 bits per heavy atom. The number of carboxylic acids is 2. The zero-order chi connectivity index (χ0) is 49.0. The molecule has 0 aliphatic rings. The summed E-state index contributed by atoms with van der Waals surface area (Å²) < 4.78 is 0. The Labute approximate surface area is 386 Å². The quantitative estimate of drug-likeness (QED) is 0.0258. The van der Waals surface area contributed by atoms with Gasteiger partial charge in [-0.05, 0) is 66.5 Å². The Morgan fingerprint density at radius 2 is 1.08 bits per heavy atom. The Morgan fingerprint density at radius 3 is 1.59 bits per heavy atom. The maximum atomic E-state index is 13.9. The lowest BCUT2D eigenvalue weighted by Gasteiger charge is -2.26. The van der Waals surface area contributed by atoms with Crippen molar-refractivity contribution in [1.29, 1.82) is 0 Å². The molecular weight excluding hydrogens is 877 g/mol. The van der Waals surface area contributed by atoms with Crippen LogP contribution in [0.25, 0.3) is 0 Å². The lowest BCUT2D eigenvalue weighted by Crippen LogP contribution is -2.58. The minimum Gasteiger partial charge on any atom is -0.508 e. The van der Waals surface area contributed by atoms with E-state index < -0.39 is 90.7 Å². The second-order valence-electron chi connectivity index (χ2n) is 14.7. The number of aliphatic imine (C=N–C) groups is 1. The van der Waals surface area contributed by atoms with Gasteiger partial charge in [-0.25, -0.2) is 4.79 Å². The molecule has 0 saturated carbocycles. The largest absolute Gasteiger partial charge is 0.508 e. The van der Waals surface area contributed by atoms with Crippen LogP contribution in [0.4, 0.5) is 0 Å². The first-order valence-electron chi connectivity index (χ1n) is 20.7. The zero-order valence-electron chi connectivity index (χ0n) is 36.7. The highest BCUT2D eigenvalue weighted by Gasteiger charge is 2.31. The van der Waals surface area contributed by atoms with Crippen LogP contribution in [0.1, 0.15) is 42.9 Å². The average molecular weight is 937 g/mol. The van der Waals surface area contributed by atoms with Crippen molar-refractivity contribution >= 4 is 65.1 Å². The van der Waals surface area contributed by atoms with Gasteiger partial charge >= 0.3 is 5.97 Å². The maximum Gasteiger partial charge on any atom is 0.326 e. The fourth-order valence-electron chi connectivity index (χ4n) is 5.97. The molecule has 0 aliphatic heterocycles. The number of thioether (sulfide) groups is 1. The lowest BCUT2D eigenvalue weighted by molar-refractivity contribution is -0.142. The van der Waals surface area contributed by atoms with Gasteiger partial charge in [0.1, 0.15) is 29.9 Å². The summed E-state index contributed by atoms with van der Waals surface area (Å²) >= 11 is 1.40. The van der Waals surface area contributed by atoms with Crippen molar-refractivity contribution in [1.82, 2.24) is 31.9 Å². The molecule has 21 nitrogen and oxygen atoms in total. The Balaban J connectivity index is 0.00000358. The Hall–Kier alpha value is -7.20. The van der Waals surface area contributed by atoms with E-state index >= 15 is 0 Å². The molecule has 15 N–H and O–H groups in total. The number of carbonyl (C=O) groups is 8. The van der Waals surface area contributed by atoms with Crippen LogP contribution < -0.4 is 49.1 Å². The van der Waals surface area contributed by atoms with E-state index in [1.807, 2.05) is 0 Å². The van der Waals surface area contributed by atoms with Crippen molar-refractivity contribution in [3.8, 4) is 5.75 Å². The Kier molecular flexibility index (Phi) is 25.0. The summed E-state index contributed by atoms with van der Waals surface area (Å²) in [6, 6.07) is 17.7. The number of benzene rings is 3. The number of amides is 6. The van der Waals surface area contributed by atoms with E-state index in [4.69, 9.17) is 27.1 Å². The molecule has 3 aromatic carbocycles. The number of carbonyl (C=O) groups excluding carboxylic acids is 6. The summed E-state index contributed by atoms with van der Waals surface area (Å²) in [5.41, 5.74) is 18.9. The summed E-state index contributed by atoms with van der Waals surface area (Å²) in [7, 11) is 0. The number of hydrogen-bond acceptors (Lipinski definition) is 12. The van der Waals surface area contributed by atoms with Gasteiger partial charge < -0.3 is 64.4 Å². The summed E-state index contributed by atoms with van der Waals surface area (Å²) in [4.78, 5) is 105. The molecular formula is C44H60N10O11S. The number of nitrogens with zero attached hydrogens (tertiary/aromatic N) is 1. The van der Waals surface area contributed by atoms with Crippen LogP contribution in [-0.2, 0) is 57.6 Å². The van der Waals surface area contributed by atoms with Crippen LogP contribution >= 0.6 is 11.8 Å². The van der Waals surface area contributed by atoms with Gasteiger partial charge in [0.15, 0.2) is 5.96 Å². The fraction of sp³-hybridized carbons (Fsp3) is 0.386. The molecule has 0 fully saturated rings. The molecule has 0 bridgehead atoms. The molecule has 5 atom stereocenters. The molecule has 0 aromatic heterocycles. The molecule has 0 saturated heterocycles. The molecule has 5 unspecified atom stereocenters. The van der Waals surface area contributed by atoms with Gasteiger partial charge in [-0.3, -0.25) is 38.6 Å². The predicted octanol–water partition coefficient (Wildman–Crippen LogP) is -1.10. The number of guanidine groups is 1. The first kappa shape index (κ1) is 54.9. The van der Waals surface area contributed by atoms with Gasteiger partial charge in [0.25, 0.3) is 5.97 Å². The zero-order valence-corrected chi connectivity index (χ0v) is 37.6. The van der Waals surface area contributed by atoms with Crippen LogP contribution in [-0.4, -0.2) is 131 Å². The van der Waals surface area contributed by atoms with Crippen LogP contribution in [0.15, 0.2) is 89.9 Å². The number of nitrogens with two attached hydrogens (primary N) is 3. The summed E-state index contributed by atoms with van der Waals surface area (Å²) in [6.07, 6.45) is 2.32. The van der Waals surface area contributed by atoms with E-state index in [1.165, 1.54) is 23.9 Å². The van der Waals surface area contributed by atoms with Crippen LogP contribution in [0.5, 0.6) is 5.75 Å². The molecule has 3 rings (SSSR count). The highest BCUT2D eigenvalue weighted by Crippen LogP contribution is 2.12. The molecule has 358 valence electrons. The van der Waals surface area contributed by atoms with Crippen molar-refractivity contribution in [3.05, 3.63) is 102 Å². The average Bonchev–Trinajstić information content (AvgIpc) is 3.27. The topological polar surface area (TPSA) is 360 Å². The van der Waals surface area contributed by atoms with Gasteiger partial charge in [-0.15, -0.1) is 0 Å². The number of aromatic hydroxyl groups is 1. The van der Waals surface area contributed by atoms with Gasteiger partial charge in [-0.1, -0.05) is 72.8 Å². The van der Waals surface area contributed by atoms with E-state index in [0.29, 0.717) is 22.4 Å². The molecule has 6 amide bonds. The number of aliphatic carboxylic acids is 2. The highest BCUT2D eigenvalue weighted by molar-refractivity contribution is 7.98. The Bertz CT molecular complexity index is 2070. The summed E-state index contributed by atoms with van der Waals surface area (Å²) in [5.74, 6) is -6.08. The smallest absolute Gasteiger partial charge is 0.326 e. The number of hydrogen-bond donors (Lipinski definition) is 12. The SMILES string of the molecule is CC(=O)O.CSCCC(NC(=O)C(Cc1ccccc1)NC(=O)CNC(=O)CNC(=O)C(N)Cc1ccc(O)cc1)C(=O)NC(CCCN=C(N)N)C(=O)NC(Cc1ccccc1)C(=O)O. The number of carboxylic acid groups (broad SMARTS) is 2. The summed E-state index contributed by atoms with van der Waals surface area (Å²) in [6.45, 7) is 0.168. The third-order valence-corrected chi connectivity index (χ3v) is 9.90. The second kappa shape index (κ2) is 30.0. The molecule has 66 heavy (non-hydrogen) atoms. The molecule has 0 aliphatic carbocycles. The van der Waals surface area contributed by atoms with E-state index in [1.54, 1.807) is 79.1 Å². The maximum absolute atomic E-state index is 13.9. The normalized spacial score (nSPS) is 12.7. The molecule has 22 heteroatoms. The van der Waals surface area contributed by atoms with E-state index in [0.717, 1.165) is 6.92 Å². The predicted molar refractivity (Wildman–Crippen MR) is 248 cm³/mol. The van der Waals surface area contributed by atoms with E-state index in [-0.39, 0.29) is 56.8 Å². The van der Waals surface area contributed by atoms with Crippen molar-refractivity contribution < 1.29 is 53.7 Å². The van der Waals surface area contributed by atoms with Gasteiger partial charge in [0.05, 0.1) is 19.1 Å². The van der Waals surface area contributed by atoms with Gasteiger partial charge in [-0.2, -0.15) is 11.8 Å². The van der Waals surface area contributed by atoms with E-state index in [2.05, 4.69) is 36.9 Å². The van der Waals surface area contributed by atoms with Crippen molar-refractivity contribution in [2.75, 3.05) is 31.6 Å². The number of nitrogens with one attached hydrogen (secondary N) is 6. The van der Waals surface area contributed by atoms with Crippen molar-refractivity contribution in [2.45, 2.75) is 75.7 Å². The van der Waals surface area contributed by atoms with Crippen LogP contribution in [0.2, 0.25) is 0 Å². The van der Waals surface area contributed by atoms with Gasteiger partial charge in [0.2, 0.25) is 35.4 Å². The standard InChI is InChI=1S/C42H56N10O9S.C2H4O2/c1-62-20-18-32(39(58)50-31(13-8-19-46-42(44)45)38(57)52-34(41(60)61)23-27-11-6-3-7-12-27)51-40(59)33(22-26-9-4-2-5-10-26)49-36(55)25-47-35(54)24-48-37(56)30(43)21-28-14-16-29(53)17-15-28;1-2(3)4/h2-7,9-12,14-17,30-34,53H,8,13,18-25,43H2,1H3,(H,47,54)(H,48,56)(H,49,55)(H,50,58)(H,51,59)(H,52,57)(H,60,61)(H4,44,45,46);1H3,(H,3,4). The van der Waals surface area contributed by atoms with Gasteiger partial charge in [0, 0.05) is 26.3 Å². The monoisotopic (exact) mass is 936 g/mol. The first-order valence-corrected chi connectivity index (χ1v) is 22.1. The first-order chi connectivity index (χ1) is 31.4. The fourth-order valence-corrected chi connectivity index (χ4v) is 6.44. The summed E-state index contributed by atoms with van der Waals surface area (Å²) in [5, 5.41) is 42.1. The second-order valence-corrected chi connectivity index (χ2v) is 15.7.